The standard InChI is InChI=1S/C25H25N3O4S2/c1-15-6-11-19-21(14-15)33-25(22(19)23(26)29)27-24(30)17-7-9-18(10-8-17)34(31,32)28-13-12-16-4-2-3-5-20(16)28/h2-5,7-10,15H,6,11-14H2,1H3,(H2,26,29)(H,27,30)/t15-/m1/s1. The fourth-order valence-corrected chi connectivity index (χ4v) is 7.65. The molecule has 0 radical (unpaired) electrons. The number of hydrogen-bond donors (Lipinski definition) is 2. The van der Waals surface area contributed by atoms with Gasteiger partial charge in [0.15, 0.2) is 0 Å². The smallest absolute Gasteiger partial charge is 0.264 e. The summed E-state index contributed by atoms with van der Waals surface area (Å²) < 4.78 is 27.8. The third kappa shape index (κ3) is 3.88. The minimum absolute atomic E-state index is 0.124. The van der Waals surface area contributed by atoms with E-state index in [4.69, 9.17) is 5.73 Å². The number of rotatable bonds is 5. The molecule has 1 aliphatic heterocycles. The van der Waals surface area contributed by atoms with Crippen molar-refractivity contribution >= 4 is 43.9 Å². The summed E-state index contributed by atoms with van der Waals surface area (Å²) in [6, 6.07) is 13.3. The molecule has 1 aliphatic carbocycles. The van der Waals surface area contributed by atoms with Crippen LogP contribution in [0.15, 0.2) is 53.4 Å². The van der Waals surface area contributed by atoms with Crippen LogP contribution in [0.3, 0.4) is 0 Å². The first kappa shape index (κ1) is 22.6. The Hall–Kier alpha value is -3.17. The van der Waals surface area contributed by atoms with Gasteiger partial charge in [-0.2, -0.15) is 0 Å². The van der Waals surface area contributed by atoms with E-state index in [0.717, 1.165) is 35.3 Å². The van der Waals surface area contributed by atoms with Crippen LogP contribution in [0.4, 0.5) is 10.7 Å². The topological polar surface area (TPSA) is 110 Å². The van der Waals surface area contributed by atoms with E-state index in [2.05, 4.69) is 12.2 Å². The van der Waals surface area contributed by atoms with Crippen LogP contribution in [0, 0.1) is 5.92 Å². The number of nitrogens with one attached hydrogen (secondary N) is 1. The SMILES string of the molecule is C[C@@H]1CCc2c(sc(NC(=O)c3ccc(S(=O)(=O)N4CCc5ccccc54)cc3)c2C(N)=O)C1. The fraction of sp³-hybridized carbons (Fsp3) is 0.280. The second kappa shape index (κ2) is 8.56. The molecule has 0 spiro atoms. The highest BCUT2D eigenvalue weighted by molar-refractivity contribution is 7.92. The van der Waals surface area contributed by atoms with Gasteiger partial charge in [0.25, 0.3) is 21.8 Å². The van der Waals surface area contributed by atoms with Crippen molar-refractivity contribution in [1.29, 1.82) is 0 Å². The summed E-state index contributed by atoms with van der Waals surface area (Å²) in [5.74, 6) is -0.438. The number of carbonyl (C=O) groups excluding carboxylic acids is 2. The van der Waals surface area contributed by atoms with Crippen molar-refractivity contribution in [3.05, 3.63) is 75.7 Å². The van der Waals surface area contributed by atoms with Crippen LogP contribution >= 0.6 is 11.3 Å². The summed E-state index contributed by atoms with van der Waals surface area (Å²) in [5, 5.41) is 3.29. The van der Waals surface area contributed by atoms with Crippen LogP contribution in [0.2, 0.25) is 0 Å². The molecular weight excluding hydrogens is 470 g/mol. The third-order valence-electron chi connectivity index (χ3n) is 6.53. The lowest BCUT2D eigenvalue weighted by Crippen LogP contribution is -2.29. The summed E-state index contributed by atoms with van der Waals surface area (Å²) in [4.78, 5) is 26.3. The maximum absolute atomic E-state index is 13.2. The minimum Gasteiger partial charge on any atom is -0.365 e. The Morgan fingerprint density at radius 1 is 1.09 bits per heavy atom. The van der Waals surface area contributed by atoms with E-state index >= 15 is 0 Å². The number of carbonyl (C=O) groups is 2. The first-order chi connectivity index (χ1) is 16.3. The maximum atomic E-state index is 13.2. The zero-order valence-corrected chi connectivity index (χ0v) is 20.3. The second-order valence-electron chi connectivity index (χ2n) is 8.85. The number of fused-ring (bicyclic) bond motifs is 2. The summed E-state index contributed by atoms with van der Waals surface area (Å²) >= 11 is 1.40. The van der Waals surface area contributed by atoms with Crippen molar-refractivity contribution in [2.45, 2.75) is 37.5 Å². The summed E-state index contributed by atoms with van der Waals surface area (Å²) in [6.45, 7) is 2.56. The molecule has 0 bridgehead atoms. The van der Waals surface area contributed by atoms with Crippen LogP contribution in [0.1, 0.15) is 50.1 Å². The Balaban J connectivity index is 1.38. The minimum atomic E-state index is -3.74. The molecule has 2 heterocycles. The average molecular weight is 496 g/mol. The van der Waals surface area contributed by atoms with Crippen molar-refractivity contribution in [3.63, 3.8) is 0 Å². The molecular formula is C25H25N3O4S2. The number of nitrogens with two attached hydrogens (primary N) is 1. The molecule has 5 rings (SSSR count). The monoisotopic (exact) mass is 495 g/mol. The number of para-hydroxylation sites is 1. The lowest BCUT2D eigenvalue weighted by atomic mass is 9.88. The molecule has 0 saturated carbocycles. The average Bonchev–Trinajstić information content (AvgIpc) is 3.40. The van der Waals surface area contributed by atoms with Gasteiger partial charge in [0.1, 0.15) is 5.00 Å². The molecule has 3 N–H and O–H groups in total. The van der Waals surface area contributed by atoms with E-state index in [-0.39, 0.29) is 4.90 Å². The van der Waals surface area contributed by atoms with Crippen molar-refractivity contribution in [2.75, 3.05) is 16.2 Å². The number of thiophene rings is 1. The first-order valence-corrected chi connectivity index (χ1v) is 13.5. The first-order valence-electron chi connectivity index (χ1n) is 11.2. The lowest BCUT2D eigenvalue weighted by Gasteiger charge is -2.19. The molecule has 2 aliphatic rings. The number of sulfonamides is 1. The lowest BCUT2D eigenvalue weighted by molar-refractivity contribution is 0.1000. The van der Waals surface area contributed by atoms with Crippen LogP contribution in [-0.4, -0.2) is 26.8 Å². The highest BCUT2D eigenvalue weighted by Crippen LogP contribution is 2.39. The zero-order valence-electron chi connectivity index (χ0n) is 18.7. The van der Waals surface area contributed by atoms with Gasteiger partial charge < -0.3 is 11.1 Å². The fourth-order valence-electron chi connectivity index (χ4n) is 4.74. The largest absolute Gasteiger partial charge is 0.365 e. The van der Waals surface area contributed by atoms with Crippen LogP contribution < -0.4 is 15.4 Å². The van der Waals surface area contributed by atoms with Gasteiger partial charge in [-0.15, -0.1) is 11.3 Å². The Morgan fingerprint density at radius 2 is 1.82 bits per heavy atom. The maximum Gasteiger partial charge on any atom is 0.264 e. The molecule has 7 nitrogen and oxygen atoms in total. The van der Waals surface area contributed by atoms with Gasteiger partial charge in [-0.25, -0.2) is 8.42 Å². The van der Waals surface area contributed by atoms with E-state index in [1.807, 2.05) is 18.2 Å². The van der Waals surface area contributed by atoms with Gasteiger partial charge in [0.05, 0.1) is 16.1 Å². The predicted molar refractivity (Wildman–Crippen MR) is 133 cm³/mol. The molecule has 0 fully saturated rings. The van der Waals surface area contributed by atoms with Gasteiger partial charge >= 0.3 is 0 Å². The van der Waals surface area contributed by atoms with Gasteiger partial charge in [0, 0.05) is 17.0 Å². The molecule has 34 heavy (non-hydrogen) atoms. The van der Waals surface area contributed by atoms with Crippen LogP contribution in [0.5, 0.6) is 0 Å². The van der Waals surface area contributed by atoms with Gasteiger partial charge in [-0.05, 0) is 73.1 Å². The predicted octanol–water partition coefficient (Wildman–Crippen LogP) is 3.98. The van der Waals surface area contributed by atoms with Crippen molar-refractivity contribution in [3.8, 4) is 0 Å². The molecule has 0 saturated heterocycles. The number of hydrogen-bond acceptors (Lipinski definition) is 5. The Kier molecular flexibility index (Phi) is 5.69. The zero-order chi connectivity index (χ0) is 24.0. The summed E-state index contributed by atoms with van der Waals surface area (Å²) in [7, 11) is -3.74. The van der Waals surface area contributed by atoms with Crippen molar-refractivity contribution in [2.24, 2.45) is 11.7 Å². The Morgan fingerprint density at radius 3 is 2.56 bits per heavy atom. The van der Waals surface area contributed by atoms with Gasteiger partial charge in [0.2, 0.25) is 0 Å². The summed E-state index contributed by atoms with van der Waals surface area (Å²) in [5.41, 5.74) is 8.97. The van der Waals surface area contributed by atoms with Crippen molar-refractivity contribution < 1.29 is 18.0 Å². The van der Waals surface area contributed by atoms with E-state index in [9.17, 15) is 18.0 Å². The quantitative estimate of drug-likeness (QED) is 0.558. The molecule has 3 aromatic rings. The number of anilines is 2. The number of amides is 2. The number of primary amides is 1. The molecule has 2 aromatic carbocycles. The van der Waals surface area contributed by atoms with E-state index in [1.54, 1.807) is 6.07 Å². The van der Waals surface area contributed by atoms with Gasteiger partial charge in [-0.3, -0.25) is 13.9 Å². The molecule has 0 unspecified atom stereocenters. The molecule has 1 atom stereocenters. The van der Waals surface area contributed by atoms with Crippen LogP contribution in [-0.2, 0) is 29.3 Å². The van der Waals surface area contributed by atoms with E-state index < -0.39 is 21.8 Å². The highest BCUT2D eigenvalue weighted by Gasteiger charge is 2.31. The Bertz CT molecular complexity index is 1390. The number of nitrogens with zero attached hydrogens (tertiary/aromatic N) is 1. The summed E-state index contributed by atoms with van der Waals surface area (Å²) in [6.07, 6.45) is 3.28. The van der Waals surface area contributed by atoms with E-state index in [1.165, 1.54) is 39.9 Å². The highest BCUT2D eigenvalue weighted by atomic mass is 32.2. The molecule has 2 amide bonds. The van der Waals surface area contributed by atoms with Crippen LogP contribution in [0.25, 0.3) is 0 Å². The third-order valence-corrected chi connectivity index (χ3v) is 9.53. The molecule has 9 heteroatoms. The van der Waals surface area contributed by atoms with Gasteiger partial charge in [-0.1, -0.05) is 25.1 Å². The normalized spacial score (nSPS) is 17.2. The Labute approximate surface area is 202 Å². The molecule has 1 aromatic heterocycles. The molecule has 176 valence electrons. The van der Waals surface area contributed by atoms with E-state index in [0.29, 0.717) is 40.7 Å². The van der Waals surface area contributed by atoms with Crippen molar-refractivity contribution in [1.82, 2.24) is 0 Å². The number of benzene rings is 2. The second-order valence-corrected chi connectivity index (χ2v) is 11.8.